The molecule has 25 heavy (non-hydrogen) atoms. The molecule has 2 aromatic rings. The number of halogens is 1. The molecule has 1 aromatic heterocycles. The molecular formula is C17H21ClN4O3. The Morgan fingerprint density at radius 3 is 2.68 bits per heavy atom. The zero-order chi connectivity index (χ0) is 17.8. The number of hydrogen-bond donors (Lipinski definition) is 1. The third-order valence-corrected chi connectivity index (χ3v) is 4.45. The van der Waals surface area contributed by atoms with Gasteiger partial charge in [0.15, 0.2) is 0 Å². The number of benzene rings is 1. The molecule has 0 spiro atoms. The van der Waals surface area contributed by atoms with Gasteiger partial charge in [-0.15, -0.1) is 0 Å². The molecule has 1 aliphatic rings. The van der Waals surface area contributed by atoms with E-state index < -0.39 is 0 Å². The number of carbonyl (C=O) groups excluding carboxylic acids is 1. The summed E-state index contributed by atoms with van der Waals surface area (Å²) in [5, 5.41) is 7.31. The average molecular weight is 365 g/mol. The Morgan fingerprint density at radius 2 is 2.08 bits per heavy atom. The molecule has 2 heterocycles. The Labute approximate surface area is 151 Å². The molecule has 134 valence electrons. The van der Waals surface area contributed by atoms with Gasteiger partial charge in [-0.2, -0.15) is 0 Å². The van der Waals surface area contributed by atoms with Gasteiger partial charge in [-0.05, 0) is 19.1 Å². The van der Waals surface area contributed by atoms with Crippen molar-refractivity contribution in [1.29, 1.82) is 0 Å². The summed E-state index contributed by atoms with van der Waals surface area (Å²) < 4.78 is 10.2. The number of piperazine rings is 1. The summed E-state index contributed by atoms with van der Waals surface area (Å²) in [5.74, 6) is 1.46. The maximum atomic E-state index is 12.4. The van der Waals surface area contributed by atoms with E-state index in [1.807, 2.05) is 13.0 Å². The van der Waals surface area contributed by atoms with Crippen LogP contribution < -0.4 is 10.1 Å². The van der Waals surface area contributed by atoms with Gasteiger partial charge in [0.25, 0.3) is 0 Å². The Hall–Kier alpha value is -2.25. The van der Waals surface area contributed by atoms with E-state index in [4.69, 9.17) is 20.9 Å². The van der Waals surface area contributed by atoms with Gasteiger partial charge in [0.1, 0.15) is 11.5 Å². The van der Waals surface area contributed by atoms with E-state index in [1.165, 1.54) is 0 Å². The molecule has 0 atom stereocenters. The highest BCUT2D eigenvalue weighted by Gasteiger charge is 2.22. The smallest absolute Gasteiger partial charge is 0.321 e. The largest absolute Gasteiger partial charge is 0.497 e. The molecular weight excluding hydrogens is 344 g/mol. The van der Waals surface area contributed by atoms with Crippen LogP contribution in [0.1, 0.15) is 11.5 Å². The number of aromatic nitrogens is 1. The fourth-order valence-electron chi connectivity index (χ4n) is 2.75. The van der Waals surface area contributed by atoms with Crippen molar-refractivity contribution in [2.45, 2.75) is 13.5 Å². The van der Waals surface area contributed by atoms with E-state index >= 15 is 0 Å². The van der Waals surface area contributed by atoms with Crippen molar-refractivity contribution in [3.8, 4) is 5.75 Å². The van der Waals surface area contributed by atoms with Gasteiger partial charge in [0.2, 0.25) is 0 Å². The lowest BCUT2D eigenvalue weighted by atomic mass is 10.2. The van der Waals surface area contributed by atoms with Crippen molar-refractivity contribution < 1.29 is 14.1 Å². The van der Waals surface area contributed by atoms with Gasteiger partial charge in [0, 0.05) is 44.9 Å². The topological polar surface area (TPSA) is 70.8 Å². The average Bonchev–Trinajstić information content (AvgIpc) is 3.02. The van der Waals surface area contributed by atoms with Crippen LogP contribution in [0.3, 0.4) is 0 Å². The van der Waals surface area contributed by atoms with Gasteiger partial charge >= 0.3 is 6.03 Å². The van der Waals surface area contributed by atoms with Gasteiger partial charge < -0.3 is 19.5 Å². The number of anilines is 1. The van der Waals surface area contributed by atoms with Crippen molar-refractivity contribution >= 4 is 23.3 Å². The quantitative estimate of drug-likeness (QED) is 0.903. The van der Waals surface area contributed by atoms with E-state index in [0.29, 0.717) is 29.5 Å². The first-order chi connectivity index (χ1) is 12.0. The Balaban J connectivity index is 1.51. The summed E-state index contributed by atoms with van der Waals surface area (Å²) >= 11 is 6.17. The minimum atomic E-state index is -0.149. The fourth-order valence-corrected chi connectivity index (χ4v) is 2.97. The minimum Gasteiger partial charge on any atom is -0.497 e. The number of urea groups is 1. The molecule has 2 amide bonds. The van der Waals surface area contributed by atoms with Crippen molar-refractivity contribution in [3.63, 3.8) is 0 Å². The van der Waals surface area contributed by atoms with Crippen molar-refractivity contribution in [3.05, 3.63) is 40.7 Å². The lowest BCUT2D eigenvalue weighted by molar-refractivity contribution is 0.141. The third kappa shape index (κ3) is 4.43. The summed E-state index contributed by atoms with van der Waals surface area (Å²) in [7, 11) is 1.57. The first-order valence-electron chi connectivity index (χ1n) is 8.09. The number of carbonyl (C=O) groups is 1. The van der Waals surface area contributed by atoms with E-state index in [9.17, 15) is 4.79 Å². The first-order valence-corrected chi connectivity index (χ1v) is 8.47. The van der Waals surface area contributed by atoms with Gasteiger partial charge in [0.05, 0.1) is 23.5 Å². The summed E-state index contributed by atoms with van der Waals surface area (Å²) in [4.78, 5) is 16.5. The number of ether oxygens (including phenoxy) is 1. The zero-order valence-corrected chi connectivity index (χ0v) is 15.0. The van der Waals surface area contributed by atoms with Crippen LogP contribution in [0.5, 0.6) is 5.75 Å². The molecule has 1 fully saturated rings. The number of methoxy groups -OCH3 is 1. The standard InChI is InChI=1S/C17H21ClN4O3/c1-12-9-13(20-25-12)11-21-5-7-22(8-6-21)17(23)19-16-4-3-14(24-2)10-15(16)18/h3-4,9-10H,5-8,11H2,1-2H3,(H,19,23). The summed E-state index contributed by atoms with van der Waals surface area (Å²) in [5.41, 5.74) is 1.49. The van der Waals surface area contributed by atoms with E-state index in [-0.39, 0.29) is 6.03 Å². The van der Waals surface area contributed by atoms with Crippen molar-refractivity contribution in [2.24, 2.45) is 0 Å². The maximum absolute atomic E-state index is 12.4. The Morgan fingerprint density at radius 1 is 1.32 bits per heavy atom. The molecule has 0 saturated carbocycles. The highest BCUT2D eigenvalue weighted by atomic mass is 35.5. The Kier molecular flexibility index (Phi) is 5.45. The summed E-state index contributed by atoms with van der Waals surface area (Å²) in [6.45, 7) is 5.48. The molecule has 3 rings (SSSR count). The zero-order valence-electron chi connectivity index (χ0n) is 14.3. The summed E-state index contributed by atoms with van der Waals surface area (Å²) in [6, 6.07) is 6.96. The molecule has 1 N–H and O–H groups in total. The normalized spacial score (nSPS) is 15.2. The highest BCUT2D eigenvalue weighted by Crippen LogP contribution is 2.27. The minimum absolute atomic E-state index is 0.149. The number of aryl methyl sites for hydroxylation is 1. The Bertz CT molecular complexity index is 741. The third-order valence-electron chi connectivity index (χ3n) is 4.14. The molecule has 8 heteroatoms. The molecule has 0 aliphatic carbocycles. The maximum Gasteiger partial charge on any atom is 0.321 e. The second kappa shape index (κ2) is 7.76. The van der Waals surface area contributed by atoms with Crippen LogP contribution in [0.25, 0.3) is 0 Å². The second-order valence-corrected chi connectivity index (χ2v) is 6.38. The molecule has 1 aromatic carbocycles. The fraction of sp³-hybridized carbons (Fsp3) is 0.412. The van der Waals surface area contributed by atoms with E-state index in [1.54, 1.807) is 30.2 Å². The SMILES string of the molecule is COc1ccc(NC(=O)N2CCN(Cc3cc(C)on3)CC2)c(Cl)c1. The molecule has 0 unspecified atom stereocenters. The van der Waals surface area contributed by atoms with Crippen molar-refractivity contribution in [2.75, 3.05) is 38.6 Å². The molecule has 1 aliphatic heterocycles. The van der Waals surface area contributed by atoms with Gasteiger partial charge in [-0.1, -0.05) is 16.8 Å². The first kappa shape index (κ1) is 17.6. The number of nitrogens with one attached hydrogen (secondary N) is 1. The number of rotatable bonds is 4. The van der Waals surface area contributed by atoms with Gasteiger partial charge in [-0.25, -0.2) is 4.79 Å². The van der Waals surface area contributed by atoms with E-state index in [2.05, 4.69) is 15.4 Å². The molecule has 0 bridgehead atoms. The van der Waals surface area contributed by atoms with Gasteiger partial charge in [-0.3, -0.25) is 4.90 Å². The lowest BCUT2D eigenvalue weighted by Gasteiger charge is -2.34. The lowest BCUT2D eigenvalue weighted by Crippen LogP contribution is -2.49. The van der Waals surface area contributed by atoms with Crippen LogP contribution in [0, 0.1) is 6.92 Å². The summed E-state index contributed by atoms with van der Waals surface area (Å²) in [6.07, 6.45) is 0. The monoisotopic (exact) mass is 364 g/mol. The van der Waals surface area contributed by atoms with Crippen LogP contribution in [-0.2, 0) is 6.54 Å². The molecule has 7 nitrogen and oxygen atoms in total. The van der Waals surface area contributed by atoms with Crippen LogP contribution in [0.15, 0.2) is 28.8 Å². The van der Waals surface area contributed by atoms with Crippen molar-refractivity contribution in [1.82, 2.24) is 15.0 Å². The van der Waals surface area contributed by atoms with Crippen LogP contribution >= 0.6 is 11.6 Å². The predicted octanol–water partition coefficient (Wildman–Crippen LogP) is 2.99. The predicted molar refractivity (Wildman–Crippen MR) is 95.1 cm³/mol. The number of hydrogen-bond acceptors (Lipinski definition) is 5. The molecule has 0 radical (unpaired) electrons. The van der Waals surface area contributed by atoms with E-state index in [0.717, 1.165) is 31.1 Å². The van der Waals surface area contributed by atoms with Crippen LogP contribution in [0.2, 0.25) is 5.02 Å². The van der Waals surface area contributed by atoms with Crippen LogP contribution in [0.4, 0.5) is 10.5 Å². The number of amides is 2. The number of nitrogens with zero attached hydrogens (tertiary/aromatic N) is 3. The second-order valence-electron chi connectivity index (χ2n) is 5.97. The highest BCUT2D eigenvalue weighted by molar-refractivity contribution is 6.33. The van der Waals surface area contributed by atoms with Crippen LogP contribution in [-0.4, -0.2) is 54.3 Å². The molecule has 1 saturated heterocycles.